The van der Waals surface area contributed by atoms with Gasteiger partial charge in [0.1, 0.15) is 16.7 Å². The van der Waals surface area contributed by atoms with Gasteiger partial charge in [0.15, 0.2) is 0 Å². The van der Waals surface area contributed by atoms with Crippen LogP contribution in [0, 0.1) is 13.8 Å². The van der Waals surface area contributed by atoms with Crippen LogP contribution in [0.5, 0.6) is 5.75 Å². The van der Waals surface area contributed by atoms with E-state index in [1.807, 2.05) is 11.0 Å². The smallest absolute Gasteiger partial charge is 0.267 e. The summed E-state index contributed by atoms with van der Waals surface area (Å²) < 4.78 is 9.79. The van der Waals surface area contributed by atoms with Crippen molar-refractivity contribution in [3.8, 4) is 5.75 Å². The van der Waals surface area contributed by atoms with Crippen LogP contribution < -0.4 is 4.74 Å². The maximum atomic E-state index is 12.2. The summed E-state index contributed by atoms with van der Waals surface area (Å²) in [6.07, 6.45) is 3.41. The first-order valence-electron chi connectivity index (χ1n) is 7.44. The molecule has 1 fully saturated rings. The van der Waals surface area contributed by atoms with Crippen LogP contribution >= 0.6 is 11.5 Å². The number of aromatic nitrogens is 2. The van der Waals surface area contributed by atoms with Crippen molar-refractivity contribution >= 4 is 17.4 Å². The number of ether oxygens (including phenoxy) is 1. The number of likely N-dealkylation sites (tertiary alicyclic amines) is 1. The van der Waals surface area contributed by atoms with Gasteiger partial charge in [0.25, 0.3) is 5.91 Å². The van der Waals surface area contributed by atoms with Crippen LogP contribution in [0.3, 0.4) is 0 Å². The van der Waals surface area contributed by atoms with Crippen LogP contribution in [0.15, 0.2) is 24.4 Å². The van der Waals surface area contributed by atoms with Gasteiger partial charge in [-0.1, -0.05) is 10.6 Å². The molecule has 1 aliphatic heterocycles. The molecular weight excluding hydrogens is 298 g/mol. The molecule has 3 rings (SSSR count). The van der Waals surface area contributed by atoms with E-state index in [0.717, 1.165) is 30.1 Å². The summed E-state index contributed by atoms with van der Waals surface area (Å²) >= 11 is 1.15. The van der Waals surface area contributed by atoms with Crippen LogP contribution in [0.4, 0.5) is 0 Å². The molecule has 1 amide bonds. The molecule has 1 aromatic heterocycles. The van der Waals surface area contributed by atoms with Gasteiger partial charge < -0.3 is 9.64 Å². The molecule has 2 aromatic rings. The Hall–Kier alpha value is -1.95. The Balaban J connectivity index is 1.55. The average Bonchev–Trinajstić information content (AvgIpc) is 3.05. The first-order chi connectivity index (χ1) is 10.6. The zero-order valence-corrected chi connectivity index (χ0v) is 13.6. The molecule has 0 unspecified atom stereocenters. The van der Waals surface area contributed by atoms with E-state index in [1.165, 1.54) is 17.3 Å². The number of nitrogens with zero attached hydrogens (tertiary/aromatic N) is 3. The molecule has 0 bridgehead atoms. The minimum atomic E-state index is 0.0274. The molecule has 6 heteroatoms. The van der Waals surface area contributed by atoms with Crippen molar-refractivity contribution in [3.63, 3.8) is 0 Å². The van der Waals surface area contributed by atoms with E-state index >= 15 is 0 Å². The Morgan fingerprint density at radius 3 is 2.68 bits per heavy atom. The maximum Gasteiger partial charge on any atom is 0.267 e. The summed E-state index contributed by atoms with van der Waals surface area (Å²) in [5.41, 5.74) is 2.51. The van der Waals surface area contributed by atoms with E-state index < -0.39 is 0 Å². The normalized spacial score (nSPS) is 15.8. The lowest BCUT2D eigenvalue weighted by Crippen LogP contribution is -2.41. The van der Waals surface area contributed by atoms with Gasteiger partial charge in [0.2, 0.25) is 0 Å². The predicted octanol–water partition coefficient (Wildman–Crippen LogP) is 2.84. The summed E-state index contributed by atoms with van der Waals surface area (Å²) in [5, 5.41) is 3.72. The highest BCUT2D eigenvalue weighted by Crippen LogP contribution is 2.22. The van der Waals surface area contributed by atoms with Crippen molar-refractivity contribution in [2.75, 3.05) is 13.1 Å². The fraction of sp³-hybridized carbons (Fsp3) is 0.438. The Morgan fingerprint density at radius 2 is 2.05 bits per heavy atom. The number of hydrogen-bond acceptors (Lipinski definition) is 5. The third kappa shape index (κ3) is 3.27. The van der Waals surface area contributed by atoms with E-state index in [1.54, 1.807) is 0 Å². The SMILES string of the molecule is Cc1ccc(OC2CCN(C(=O)c3cnns3)CC2)cc1C. The molecule has 1 aromatic carbocycles. The fourth-order valence-electron chi connectivity index (χ4n) is 2.57. The zero-order chi connectivity index (χ0) is 15.5. The lowest BCUT2D eigenvalue weighted by molar-refractivity contribution is 0.0600. The predicted molar refractivity (Wildman–Crippen MR) is 85.4 cm³/mol. The number of amides is 1. The van der Waals surface area contributed by atoms with Gasteiger partial charge in [0.05, 0.1) is 6.20 Å². The molecular formula is C16H19N3O2S. The number of hydrogen-bond donors (Lipinski definition) is 0. The van der Waals surface area contributed by atoms with Crippen LogP contribution in [-0.4, -0.2) is 39.6 Å². The lowest BCUT2D eigenvalue weighted by Gasteiger charge is -2.31. The third-order valence-electron chi connectivity index (χ3n) is 4.08. The molecule has 0 atom stereocenters. The van der Waals surface area contributed by atoms with Crippen molar-refractivity contribution < 1.29 is 9.53 Å². The number of aryl methyl sites for hydroxylation is 2. The van der Waals surface area contributed by atoms with Crippen LogP contribution in [-0.2, 0) is 0 Å². The second kappa shape index (κ2) is 6.44. The minimum absolute atomic E-state index is 0.0274. The highest BCUT2D eigenvalue weighted by molar-refractivity contribution is 7.07. The van der Waals surface area contributed by atoms with Crippen molar-refractivity contribution in [2.45, 2.75) is 32.8 Å². The van der Waals surface area contributed by atoms with Crippen molar-refractivity contribution in [1.82, 2.24) is 14.5 Å². The van der Waals surface area contributed by atoms with Gasteiger partial charge in [-0.2, -0.15) is 0 Å². The number of piperidine rings is 1. The van der Waals surface area contributed by atoms with Crippen molar-refractivity contribution in [1.29, 1.82) is 0 Å². The molecule has 5 nitrogen and oxygen atoms in total. The molecule has 0 saturated carbocycles. The highest BCUT2D eigenvalue weighted by atomic mass is 32.1. The number of carbonyl (C=O) groups excluding carboxylic acids is 1. The Labute approximate surface area is 134 Å². The third-order valence-corrected chi connectivity index (χ3v) is 4.74. The minimum Gasteiger partial charge on any atom is -0.490 e. The number of carbonyl (C=O) groups is 1. The summed E-state index contributed by atoms with van der Waals surface area (Å²) in [6, 6.07) is 6.18. The molecule has 0 aliphatic carbocycles. The molecule has 1 saturated heterocycles. The van der Waals surface area contributed by atoms with Gasteiger partial charge >= 0.3 is 0 Å². The molecule has 0 radical (unpaired) electrons. The van der Waals surface area contributed by atoms with Gasteiger partial charge in [-0.3, -0.25) is 4.79 Å². The van der Waals surface area contributed by atoms with E-state index in [2.05, 4.69) is 35.6 Å². The number of rotatable bonds is 3. The van der Waals surface area contributed by atoms with E-state index in [9.17, 15) is 4.79 Å². The average molecular weight is 317 g/mol. The molecule has 22 heavy (non-hydrogen) atoms. The molecule has 116 valence electrons. The monoisotopic (exact) mass is 317 g/mol. The standard InChI is InChI=1S/C16H19N3O2S/c1-11-3-4-14(9-12(11)2)21-13-5-7-19(8-6-13)16(20)15-10-17-18-22-15/h3-4,9-10,13H,5-8H2,1-2H3. The van der Waals surface area contributed by atoms with E-state index in [4.69, 9.17) is 4.74 Å². The first kappa shape index (κ1) is 15.0. The van der Waals surface area contributed by atoms with E-state index in [0.29, 0.717) is 18.0 Å². The largest absolute Gasteiger partial charge is 0.490 e. The van der Waals surface area contributed by atoms with Gasteiger partial charge in [0, 0.05) is 25.9 Å². The maximum absolute atomic E-state index is 12.2. The topological polar surface area (TPSA) is 55.3 Å². The molecule has 0 N–H and O–H groups in total. The summed E-state index contributed by atoms with van der Waals surface area (Å²) in [6.45, 7) is 5.61. The van der Waals surface area contributed by atoms with Crippen LogP contribution in [0.25, 0.3) is 0 Å². The quantitative estimate of drug-likeness (QED) is 0.873. The van der Waals surface area contributed by atoms with Gasteiger partial charge in [-0.25, -0.2) is 0 Å². The first-order valence-corrected chi connectivity index (χ1v) is 8.21. The summed E-state index contributed by atoms with van der Waals surface area (Å²) in [4.78, 5) is 14.7. The van der Waals surface area contributed by atoms with E-state index in [-0.39, 0.29) is 12.0 Å². The van der Waals surface area contributed by atoms with Crippen molar-refractivity contribution in [2.24, 2.45) is 0 Å². The Kier molecular flexibility index (Phi) is 4.38. The zero-order valence-electron chi connectivity index (χ0n) is 12.8. The van der Waals surface area contributed by atoms with Crippen LogP contribution in [0.2, 0.25) is 0 Å². The molecule has 1 aliphatic rings. The van der Waals surface area contributed by atoms with Gasteiger partial charge in [-0.15, -0.1) is 5.10 Å². The summed E-state index contributed by atoms with van der Waals surface area (Å²) in [7, 11) is 0. The second-order valence-corrected chi connectivity index (χ2v) is 6.42. The Morgan fingerprint density at radius 1 is 1.27 bits per heavy atom. The lowest BCUT2D eigenvalue weighted by atomic mass is 10.1. The highest BCUT2D eigenvalue weighted by Gasteiger charge is 2.25. The summed E-state index contributed by atoms with van der Waals surface area (Å²) in [5.74, 6) is 0.944. The van der Waals surface area contributed by atoms with Gasteiger partial charge in [-0.05, 0) is 48.6 Å². The molecule has 2 heterocycles. The van der Waals surface area contributed by atoms with Crippen LogP contribution in [0.1, 0.15) is 33.6 Å². The Bertz CT molecular complexity index is 649. The number of benzene rings is 1. The second-order valence-electron chi connectivity index (χ2n) is 5.64. The molecule has 0 spiro atoms. The fourth-order valence-corrected chi connectivity index (χ4v) is 3.06. The van der Waals surface area contributed by atoms with Crippen molar-refractivity contribution in [3.05, 3.63) is 40.4 Å².